The lowest BCUT2D eigenvalue weighted by Gasteiger charge is -2.01. The molecule has 0 heterocycles. The fraction of sp³-hybridized carbons (Fsp3) is 0.182. The highest BCUT2D eigenvalue weighted by Gasteiger charge is 2.07. The van der Waals surface area contributed by atoms with E-state index in [1.165, 1.54) is 6.07 Å². The van der Waals surface area contributed by atoms with E-state index in [2.05, 4.69) is 5.32 Å². The van der Waals surface area contributed by atoms with Crippen molar-refractivity contribution in [1.29, 1.82) is 0 Å². The number of likely N-dealkylation sites (N-methyl/N-ethyl adjacent to an activating group) is 1. The molecule has 0 radical (unpaired) electrons. The highest BCUT2D eigenvalue weighted by Crippen LogP contribution is 2.17. The average Bonchev–Trinajstić information content (AvgIpc) is 2.18. The number of carbonyl (C=O) groups is 1. The molecule has 0 saturated heterocycles. The first-order chi connectivity index (χ1) is 7.15. The summed E-state index contributed by atoms with van der Waals surface area (Å²) in [7, 11) is 1.82. The first-order valence-electron chi connectivity index (χ1n) is 4.49. The lowest BCUT2D eigenvalue weighted by Crippen LogP contribution is -2.04. The van der Waals surface area contributed by atoms with Gasteiger partial charge in [0.05, 0.1) is 5.56 Å². The Kier molecular flexibility index (Phi) is 4.34. The van der Waals surface area contributed by atoms with Crippen LogP contribution in [-0.4, -0.2) is 24.7 Å². The molecule has 0 amide bonds. The highest BCUT2D eigenvalue weighted by molar-refractivity contribution is 6.30. The molecule has 3 nitrogen and oxygen atoms in total. The molecule has 0 saturated carbocycles. The fourth-order valence-electron chi connectivity index (χ4n) is 1.17. The Labute approximate surface area is 93.4 Å². The third kappa shape index (κ3) is 3.38. The van der Waals surface area contributed by atoms with Crippen molar-refractivity contribution in [3.05, 3.63) is 40.4 Å². The van der Waals surface area contributed by atoms with E-state index in [4.69, 9.17) is 16.7 Å². The van der Waals surface area contributed by atoms with Gasteiger partial charge in [0.25, 0.3) is 0 Å². The van der Waals surface area contributed by atoms with E-state index in [9.17, 15) is 4.79 Å². The molecule has 4 heteroatoms. The van der Waals surface area contributed by atoms with Crippen molar-refractivity contribution in [1.82, 2.24) is 5.32 Å². The zero-order valence-electron chi connectivity index (χ0n) is 8.33. The summed E-state index contributed by atoms with van der Waals surface area (Å²) in [6, 6.07) is 4.71. The van der Waals surface area contributed by atoms with Gasteiger partial charge >= 0.3 is 5.97 Å². The lowest BCUT2D eigenvalue weighted by molar-refractivity contribution is 0.0696. The third-order valence-corrected chi connectivity index (χ3v) is 2.10. The Morgan fingerprint density at radius 2 is 2.33 bits per heavy atom. The topological polar surface area (TPSA) is 49.3 Å². The molecule has 0 aliphatic rings. The Balaban J connectivity index is 3.02. The van der Waals surface area contributed by atoms with Gasteiger partial charge in [0.2, 0.25) is 0 Å². The monoisotopic (exact) mass is 225 g/mol. The van der Waals surface area contributed by atoms with Gasteiger partial charge in [0.1, 0.15) is 0 Å². The molecule has 0 fully saturated rings. The predicted octanol–water partition coefficient (Wildman–Crippen LogP) is 2.27. The standard InChI is InChI=1S/C11H12ClNO2/c1-13-6-2-3-8-7-9(12)4-5-10(8)11(14)15/h2-5,7,13H,6H2,1H3,(H,14,15). The summed E-state index contributed by atoms with van der Waals surface area (Å²) < 4.78 is 0. The van der Waals surface area contributed by atoms with E-state index in [0.717, 1.165) is 0 Å². The second-order valence-electron chi connectivity index (χ2n) is 3.00. The quantitative estimate of drug-likeness (QED) is 0.827. The number of nitrogens with one attached hydrogen (secondary N) is 1. The van der Waals surface area contributed by atoms with Gasteiger partial charge in [-0.3, -0.25) is 0 Å². The van der Waals surface area contributed by atoms with E-state index in [1.54, 1.807) is 18.2 Å². The average molecular weight is 226 g/mol. The van der Waals surface area contributed by atoms with Crippen LogP contribution in [0.5, 0.6) is 0 Å². The van der Waals surface area contributed by atoms with Crippen LogP contribution in [0.4, 0.5) is 0 Å². The van der Waals surface area contributed by atoms with E-state index in [0.29, 0.717) is 17.1 Å². The van der Waals surface area contributed by atoms with Crippen LogP contribution >= 0.6 is 11.6 Å². The molecule has 0 aliphatic heterocycles. The van der Waals surface area contributed by atoms with E-state index in [-0.39, 0.29) is 5.56 Å². The minimum atomic E-state index is -0.948. The summed E-state index contributed by atoms with van der Waals surface area (Å²) in [6.45, 7) is 0.686. The van der Waals surface area contributed by atoms with Crippen molar-refractivity contribution in [2.75, 3.05) is 13.6 Å². The van der Waals surface area contributed by atoms with Gasteiger partial charge < -0.3 is 10.4 Å². The van der Waals surface area contributed by atoms with Gasteiger partial charge in [-0.15, -0.1) is 0 Å². The second kappa shape index (κ2) is 5.53. The number of carboxylic acid groups (broad SMARTS) is 1. The van der Waals surface area contributed by atoms with Crippen LogP contribution in [-0.2, 0) is 0 Å². The van der Waals surface area contributed by atoms with Crippen LogP contribution in [0.2, 0.25) is 5.02 Å². The molecule has 0 aliphatic carbocycles. The minimum absolute atomic E-state index is 0.256. The second-order valence-corrected chi connectivity index (χ2v) is 3.43. The van der Waals surface area contributed by atoms with Crippen LogP contribution in [0.25, 0.3) is 6.08 Å². The first-order valence-corrected chi connectivity index (χ1v) is 4.87. The van der Waals surface area contributed by atoms with Gasteiger partial charge in [-0.1, -0.05) is 23.8 Å². The normalized spacial score (nSPS) is 10.8. The molecule has 80 valence electrons. The number of hydrogen-bond acceptors (Lipinski definition) is 2. The number of carboxylic acids is 1. The zero-order chi connectivity index (χ0) is 11.3. The van der Waals surface area contributed by atoms with Gasteiger partial charge in [0, 0.05) is 11.6 Å². The maximum absolute atomic E-state index is 10.9. The molecular weight excluding hydrogens is 214 g/mol. The van der Waals surface area contributed by atoms with E-state index >= 15 is 0 Å². The summed E-state index contributed by atoms with van der Waals surface area (Å²) in [4.78, 5) is 10.9. The number of aromatic carboxylic acids is 1. The van der Waals surface area contributed by atoms with Gasteiger partial charge in [-0.2, -0.15) is 0 Å². The van der Waals surface area contributed by atoms with Crippen molar-refractivity contribution in [2.45, 2.75) is 0 Å². The summed E-state index contributed by atoms with van der Waals surface area (Å²) in [5.41, 5.74) is 0.872. The number of hydrogen-bond donors (Lipinski definition) is 2. The van der Waals surface area contributed by atoms with Gasteiger partial charge in [-0.25, -0.2) is 4.79 Å². The van der Waals surface area contributed by atoms with Crippen molar-refractivity contribution >= 4 is 23.6 Å². The van der Waals surface area contributed by atoms with Crippen molar-refractivity contribution < 1.29 is 9.90 Å². The first kappa shape index (κ1) is 11.8. The minimum Gasteiger partial charge on any atom is -0.478 e. The van der Waals surface area contributed by atoms with E-state index in [1.807, 2.05) is 13.1 Å². The number of benzene rings is 1. The zero-order valence-corrected chi connectivity index (χ0v) is 9.08. The maximum Gasteiger partial charge on any atom is 0.336 e. The Morgan fingerprint density at radius 1 is 1.60 bits per heavy atom. The lowest BCUT2D eigenvalue weighted by atomic mass is 10.1. The summed E-state index contributed by atoms with van der Waals surface area (Å²) in [6.07, 6.45) is 3.59. The van der Waals surface area contributed by atoms with Crippen molar-refractivity contribution in [3.63, 3.8) is 0 Å². The Morgan fingerprint density at radius 3 is 2.93 bits per heavy atom. The van der Waals surface area contributed by atoms with Gasteiger partial charge in [0.15, 0.2) is 0 Å². The number of halogens is 1. The molecule has 1 aromatic carbocycles. The molecule has 1 rings (SSSR count). The largest absolute Gasteiger partial charge is 0.478 e. The molecule has 2 N–H and O–H groups in total. The fourth-order valence-corrected chi connectivity index (χ4v) is 1.35. The summed E-state index contributed by atoms with van der Waals surface area (Å²) in [5.74, 6) is -0.948. The smallest absolute Gasteiger partial charge is 0.336 e. The molecule has 0 bridgehead atoms. The maximum atomic E-state index is 10.9. The summed E-state index contributed by atoms with van der Waals surface area (Å²) in [5, 5.41) is 12.4. The predicted molar refractivity (Wildman–Crippen MR) is 61.4 cm³/mol. The molecule has 0 atom stereocenters. The highest BCUT2D eigenvalue weighted by atomic mass is 35.5. The summed E-state index contributed by atoms with van der Waals surface area (Å²) >= 11 is 5.79. The molecule has 0 unspecified atom stereocenters. The molecule has 0 spiro atoms. The van der Waals surface area contributed by atoms with Crippen LogP contribution < -0.4 is 5.32 Å². The van der Waals surface area contributed by atoms with Gasteiger partial charge in [-0.05, 0) is 30.8 Å². The van der Waals surface area contributed by atoms with Crippen LogP contribution in [0.1, 0.15) is 15.9 Å². The van der Waals surface area contributed by atoms with Crippen LogP contribution in [0.3, 0.4) is 0 Å². The SMILES string of the molecule is CNCC=Cc1cc(Cl)ccc1C(=O)O. The van der Waals surface area contributed by atoms with Crippen molar-refractivity contribution in [3.8, 4) is 0 Å². The Bertz CT molecular complexity index is 388. The van der Waals surface area contributed by atoms with Crippen LogP contribution in [0.15, 0.2) is 24.3 Å². The molecule has 0 aromatic heterocycles. The molecular formula is C11H12ClNO2. The van der Waals surface area contributed by atoms with Crippen molar-refractivity contribution in [2.24, 2.45) is 0 Å². The third-order valence-electron chi connectivity index (χ3n) is 1.86. The molecule has 15 heavy (non-hydrogen) atoms. The van der Waals surface area contributed by atoms with E-state index < -0.39 is 5.97 Å². The molecule has 1 aromatic rings. The number of rotatable bonds is 4. The van der Waals surface area contributed by atoms with Crippen LogP contribution in [0, 0.1) is 0 Å². The Hall–Kier alpha value is -1.32.